The van der Waals surface area contributed by atoms with Gasteiger partial charge in [-0.25, -0.2) is 4.98 Å². The van der Waals surface area contributed by atoms with E-state index in [0.717, 1.165) is 5.69 Å². The van der Waals surface area contributed by atoms with Gasteiger partial charge in [0.15, 0.2) is 0 Å². The van der Waals surface area contributed by atoms with Gasteiger partial charge in [-0.05, 0) is 18.1 Å². The molecule has 4 nitrogen and oxygen atoms in total. The van der Waals surface area contributed by atoms with Crippen LogP contribution in [-0.4, -0.2) is 36.4 Å². The first-order valence-electron chi connectivity index (χ1n) is 5.76. The minimum atomic E-state index is -0.0124. The minimum absolute atomic E-state index is 0.0121. The van der Waals surface area contributed by atoms with Gasteiger partial charge in [0, 0.05) is 6.20 Å². The van der Waals surface area contributed by atoms with Gasteiger partial charge in [-0.15, -0.1) is 0 Å². The Balaban J connectivity index is 1.73. The third-order valence-corrected chi connectivity index (χ3v) is 3.14. The SMILES string of the molecule is N[C@H]1CO[C@H]2[C@@H]1OC[C@@H]2C#Cc1ccccn1. The van der Waals surface area contributed by atoms with Crippen molar-refractivity contribution < 1.29 is 9.47 Å². The van der Waals surface area contributed by atoms with Crippen LogP contribution in [0.25, 0.3) is 0 Å². The van der Waals surface area contributed by atoms with E-state index in [2.05, 4.69) is 16.8 Å². The van der Waals surface area contributed by atoms with Gasteiger partial charge in [0.1, 0.15) is 17.9 Å². The van der Waals surface area contributed by atoms with Crippen LogP contribution in [0.5, 0.6) is 0 Å². The number of aromatic nitrogens is 1. The summed E-state index contributed by atoms with van der Waals surface area (Å²) in [6, 6.07) is 5.68. The van der Waals surface area contributed by atoms with E-state index in [1.165, 1.54) is 0 Å². The molecule has 17 heavy (non-hydrogen) atoms. The largest absolute Gasteiger partial charge is 0.372 e. The van der Waals surface area contributed by atoms with Crippen LogP contribution in [0.4, 0.5) is 0 Å². The van der Waals surface area contributed by atoms with E-state index in [1.807, 2.05) is 18.2 Å². The number of nitrogens with zero attached hydrogens (tertiary/aromatic N) is 1. The zero-order chi connectivity index (χ0) is 11.7. The average molecular weight is 230 g/mol. The Kier molecular flexibility index (Phi) is 2.81. The smallest absolute Gasteiger partial charge is 0.113 e. The molecule has 2 N–H and O–H groups in total. The summed E-state index contributed by atoms with van der Waals surface area (Å²) in [4.78, 5) is 4.16. The molecule has 3 heterocycles. The van der Waals surface area contributed by atoms with Gasteiger partial charge in [0.25, 0.3) is 0 Å². The van der Waals surface area contributed by atoms with Crippen LogP contribution in [0, 0.1) is 17.8 Å². The number of hydrogen-bond acceptors (Lipinski definition) is 4. The maximum atomic E-state index is 5.88. The van der Waals surface area contributed by atoms with E-state index >= 15 is 0 Å². The Bertz CT molecular complexity index is 451. The molecule has 0 spiro atoms. The van der Waals surface area contributed by atoms with Crippen LogP contribution in [0.15, 0.2) is 24.4 Å². The van der Waals surface area contributed by atoms with Crippen LogP contribution in [0.2, 0.25) is 0 Å². The lowest BCUT2D eigenvalue weighted by atomic mass is 10.0. The standard InChI is InChI=1S/C13H14N2O2/c14-11-8-17-12-9(7-16-13(11)12)4-5-10-3-1-2-6-15-10/h1-3,6,9,11-13H,7-8,14H2/t9-,11-,12+,13+/m0/s1. The lowest BCUT2D eigenvalue weighted by Crippen LogP contribution is -2.35. The van der Waals surface area contributed by atoms with Gasteiger partial charge in [0.2, 0.25) is 0 Å². The highest BCUT2D eigenvalue weighted by Crippen LogP contribution is 2.29. The molecule has 88 valence electrons. The number of hydrogen-bond donors (Lipinski definition) is 1. The Morgan fingerprint density at radius 3 is 2.94 bits per heavy atom. The average Bonchev–Trinajstić information content (AvgIpc) is 2.92. The summed E-state index contributed by atoms with van der Waals surface area (Å²) < 4.78 is 11.2. The molecule has 3 rings (SSSR count). The minimum Gasteiger partial charge on any atom is -0.372 e. The summed E-state index contributed by atoms with van der Waals surface area (Å²) in [5.74, 6) is 6.33. The molecule has 1 aromatic heterocycles. The molecule has 0 bridgehead atoms. The Morgan fingerprint density at radius 2 is 2.12 bits per heavy atom. The van der Waals surface area contributed by atoms with E-state index in [1.54, 1.807) is 6.20 Å². The highest BCUT2D eigenvalue weighted by molar-refractivity contribution is 5.28. The Hall–Kier alpha value is -1.41. The van der Waals surface area contributed by atoms with Crippen LogP contribution < -0.4 is 5.73 Å². The molecule has 4 heteroatoms. The predicted molar refractivity (Wildman–Crippen MR) is 62.1 cm³/mol. The van der Waals surface area contributed by atoms with Crippen molar-refractivity contribution in [2.45, 2.75) is 18.2 Å². The molecule has 0 saturated carbocycles. The molecule has 2 fully saturated rings. The highest BCUT2D eigenvalue weighted by atomic mass is 16.6. The molecule has 4 atom stereocenters. The van der Waals surface area contributed by atoms with Crippen molar-refractivity contribution in [1.82, 2.24) is 4.98 Å². The molecule has 2 saturated heterocycles. The molecule has 0 radical (unpaired) electrons. The third-order valence-electron chi connectivity index (χ3n) is 3.14. The molecule has 0 unspecified atom stereocenters. The summed E-state index contributed by atoms with van der Waals surface area (Å²) in [6.45, 7) is 1.17. The summed E-state index contributed by atoms with van der Waals surface area (Å²) in [5, 5.41) is 0. The normalized spacial score (nSPS) is 35.1. The fraction of sp³-hybridized carbons (Fsp3) is 0.462. The lowest BCUT2D eigenvalue weighted by molar-refractivity contribution is 0.0677. The van der Waals surface area contributed by atoms with Gasteiger partial charge in [-0.3, -0.25) is 0 Å². The number of rotatable bonds is 0. The molecular formula is C13H14N2O2. The van der Waals surface area contributed by atoms with Crippen LogP contribution in [-0.2, 0) is 9.47 Å². The van der Waals surface area contributed by atoms with Crippen molar-refractivity contribution >= 4 is 0 Å². The molecular weight excluding hydrogens is 216 g/mol. The van der Waals surface area contributed by atoms with Gasteiger partial charge in [0.05, 0.1) is 25.2 Å². The van der Waals surface area contributed by atoms with Gasteiger partial charge in [-0.2, -0.15) is 0 Å². The van der Waals surface area contributed by atoms with E-state index in [9.17, 15) is 0 Å². The number of fused-ring (bicyclic) bond motifs is 1. The second-order valence-electron chi connectivity index (χ2n) is 4.35. The molecule has 2 aliphatic heterocycles. The van der Waals surface area contributed by atoms with Gasteiger partial charge < -0.3 is 15.2 Å². The summed E-state index contributed by atoms with van der Waals surface area (Å²) in [6.07, 6.45) is 1.78. The van der Waals surface area contributed by atoms with Gasteiger partial charge in [-0.1, -0.05) is 12.0 Å². The maximum Gasteiger partial charge on any atom is 0.113 e. The molecule has 0 amide bonds. The fourth-order valence-corrected chi connectivity index (χ4v) is 2.26. The first-order chi connectivity index (χ1) is 8.34. The number of nitrogens with two attached hydrogens (primary N) is 1. The van der Waals surface area contributed by atoms with E-state index in [0.29, 0.717) is 13.2 Å². The van der Waals surface area contributed by atoms with E-state index in [4.69, 9.17) is 15.2 Å². The monoisotopic (exact) mass is 230 g/mol. The molecule has 2 aliphatic rings. The van der Waals surface area contributed by atoms with Crippen LogP contribution >= 0.6 is 0 Å². The zero-order valence-electron chi connectivity index (χ0n) is 9.37. The number of ether oxygens (including phenoxy) is 2. The first-order valence-corrected chi connectivity index (χ1v) is 5.76. The van der Waals surface area contributed by atoms with Crippen LogP contribution in [0.1, 0.15) is 5.69 Å². The van der Waals surface area contributed by atoms with Crippen molar-refractivity contribution in [2.24, 2.45) is 11.7 Å². The molecule has 0 aliphatic carbocycles. The van der Waals surface area contributed by atoms with Crippen LogP contribution in [0.3, 0.4) is 0 Å². The van der Waals surface area contributed by atoms with Crippen molar-refractivity contribution in [1.29, 1.82) is 0 Å². The second-order valence-corrected chi connectivity index (χ2v) is 4.35. The summed E-state index contributed by atoms with van der Waals surface area (Å²) in [7, 11) is 0. The van der Waals surface area contributed by atoms with Gasteiger partial charge >= 0.3 is 0 Å². The quantitative estimate of drug-likeness (QED) is 0.646. The lowest BCUT2D eigenvalue weighted by Gasteiger charge is -2.10. The van der Waals surface area contributed by atoms with E-state index in [-0.39, 0.29) is 24.2 Å². The maximum absolute atomic E-state index is 5.88. The van der Waals surface area contributed by atoms with Crippen molar-refractivity contribution in [2.75, 3.05) is 13.2 Å². The Morgan fingerprint density at radius 1 is 1.24 bits per heavy atom. The fourth-order valence-electron chi connectivity index (χ4n) is 2.26. The highest BCUT2D eigenvalue weighted by Gasteiger charge is 2.45. The first kappa shape index (κ1) is 10.7. The zero-order valence-corrected chi connectivity index (χ0v) is 9.37. The van der Waals surface area contributed by atoms with Crippen molar-refractivity contribution in [3.05, 3.63) is 30.1 Å². The van der Waals surface area contributed by atoms with Crippen molar-refractivity contribution in [3.8, 4) is 11.8 Å². The second kappa shape index (κ2) is 4.46. The Labute approximate surface area is 100 Å². The summed E-state index contributed by atoms with van der Waals surface area (Å²) >= 11 is 0. The summed E-state index contributed by atoms with van der Waals surface area (Å²) in [5.41, 5.74) is 6.66. The van der Waals surface area contributed by atoms with Crippen molar-refractivity contribution in [3.63, 3.8) is 0 Å². The van der Waals surface area contributed by atoms with E-state index < -0.39 is 0 Å². The molecule has 0 aromatic carbocycles. The third kappa shape index (κ3) is 2.05. The topological polar surface area (TPSA) is 57.4 Å². The molecule has 1 aromatic rings. The number of pyridine rings is 1. The predicted octanol–water partition coefficient (Wildman–Crippen LogP) is 0.174.